The van der Waals surface area contributed by atoms with Crippen LogP contribution in [0.1, 0.15) is 36.5 Å². The zero-order valence-corrected chi connectivity index (χ0v) is 11.4. The van der Waals surface area contributed by atoms with Crippen LogP contribution in [-0.2, 0) is 6.42 Å². The molecule has 0 atom stereocenters. The highest BCUT2D eigenvalue weighted by Crippen LogP contribution is 2.26. The third-order valence-corrected chi connectivity index (χ3v) is 3.03. The number of nitro benzene ring substituents is 1. The molecule has 0 aliphatic rings. The molecule has 20 heavy (non-hydrogen) atoms. The van der Waals surface area contributed by atoms with Crippen LogP contribution < -0.4 is 0 Å². The molecule has 2 aromatic rings. The highest BCUT2D eigenvalue weighted by Gasteiger charge is 2.19. The van der Waals surface area contributed by atoms with E-state index in [0.29, 0.717) is 11.3 Å². The van der Waals surface area contributed by atoms with Crippen LogP contribution in [0.15, 0.2) is 30.6 Å². The van der Waals surface area contributed by atoms with E-state index in [1.54, 1.807) is 29.1 Å². The summed E-state index contributed by atoms with van der Waals surface area (Å²) in [6.45, 7) is 3.41. The topological polar surface area (TPSA) is 78.0 Å². The van der Waals surface area contributed by atoms with E-state index in [-0.39, 0.29) is 11.5 Å². The van der Waals surface area contributed by atoms with Crippen LogP contribution in [0.2, 0.25) is 0 Å². The average molecular weight is 273 g/mol. The molecule has 0 aliphatic heterocycles. The van der Waals surface area contributed by atoms with Gasteiger partial charge in [0.15, 0.2) is 5.78 Å². The number of imidazole rings is 1. The minimum absolute atomic E-state index is 0.0898. The summed E-state index contributed by atoms with van der Waals surface area (Å²) in [6.07, 6.45) is 4.95. The van der Waals surface area contributed by atoms with E-state index >= 15 is 0 Å². The normalized spacial score (nSPS) is 10.5. The van der Waals surface area contributed by atoms with Gasteiger partial charge in [0.25, 0.3) is 5.69 Å². The lowest BCUT2D eigenvalue weighted by molar-refractivity contribution is -0.384. The second-order valence-corrected chi connectivity index (χ2v) is 4.48. The Balaban J connectivity index is 2.58. The summed E-state index contributed by atoms with van der Waals surface area (Å²) < 4.78 is 1.70. The van der Waals surface area contributed by atoms with E-state index in [1.165, 1.54) is 13.0 Å². The first-order chi connectivity index (χ1) is 9.54. The summed E-state index contributed by atoms with van der Waals surface area (Å²) in [5.41, 5.74) is 0.673. The number of benzene rings is 1. The maximum absolute atomic E-state index is 11.3. The van der Waals surface area contributed by atoms with Gasteiger partial charge in [0, 0.05) is 30.4 Å². The Morgan fingerprint density at radius 1 is 1.45 bits per heavy atom. The van der Waals surface area contributed by atoms with Crippen molar-refractivity contribution in [1.82, 2.24) is 9.55 Å². The maximum atomic E-state index is 11.3. The molecule has 1 aromatic carbocycles. The van der Waals surface area contributed by atoms with Crippen LogP contribution in [-0.4, -0.2) is 20.3 Å². The first-order valence-electron chi connectivity index (χ1n) is 6.36. The van der Waals surface area contributed by atoms with Crippen molar-refractivity contribution in [2.45, 2.75) is 26.7 Å². The molecule has 0 N–H and O–H groups in total. The Morgan fingerprint density at radius 3 is 2.80 bits per heavy atom. The minimum atomic E-state index is -0.475. The maximum Gasteiger partial charge on any atom is 0.293 e. The van der Waals surface area contributed by atoms with E-state index in [2.05, 4.69) is 4.98 Å². The van der Waals surface area contributed by atoms with E-state index in [9.17, 15) is 14.9 Å². The Labute approximate surface area is 116 Å². The Kier molecular flexibility index (Phi) is 3.93. The summed E-state index contributed by atoms with van der Waals surface area (Å²) in [5, 5.41) is 11.2. The summed E-state index contributed by atoms with van der Waals surface area (Å²) in [5.74, 6) is 0.574. The van der Waals surface area contributed by atoms with Crippen molar-refractivity contribution in [3.8, 4) is 5.69 Å². The molecule has 1 heterocycles. The fraction of sp³-hybridized carbons (Fsp3) is 0.286. The van der Waals surface area contributed by atoms with Crippen molar-refractivity contribution in [3.63, 3.8) is 0 Å². The summed E-state index contributed by atoms with van der Waals surface area (Å²) in [4.78, 5) is 26.3. The van der Waals surface area contributed by atoms with Gasteiger partial charge in [-0.15, -0.1) is 0 Å². The van der Waals surface area contributed by atoms with E-state index in [0.717, 1.165) is 18.7 Å². The lowest BCUT2D eigenvalue weighted by Gasteiger charge is -2.08. The van der Waals surface area contributed by atoms with E-state index in [4.69, 9.17) is 0 Å². The van der Waals surface area contributed by atoms with Crippen LogP contribution in [0, 0.1) is 10.1 Å². The van der Waals surface area contributed by atoms with Gasteiger partial charge in [0.2, 0.25) is 0 Å². The molecule has 0 aliphatic carbocycles. The van der Waals surface area contributed by atoms with Gasteiger partial charge in [-0.3, -0.25) is 19.5 Å². The zero-order valence-electron chi connectivity index (χ0n) is 11.4. The minimum Gasteiger partial charge on any atom is -0.298 e. The first kappa shape index (κ1) is 13.9. The number of rotatable bonds is 5. The SMILES string of the molecule is CCCc1nccn1-c1ccc(C(C)=O)cc1[N+](=O)[O-]. The molecule has 6 heteroatoms. The van der Waals surface area contributed by atoms with Gasteiger partial charge in [0.05, 0.1) is 4.92 Å². The summed E-state index contributed by atoms with van der Waals surface area (Å²) in [6, 6.07) is 4.50. The Bertz CT molecular complexity index is 661. The fourth-order valence-electron chi connectivity index (χ4n) is 2.05. The van der Waals surface area contributed by atoms with Gasteiger partial charge in [-0.05, 0) is 25.5 Å². The molecule has 0 bridgehead atoms. The summed E-state index contributed by atoms with van der Waals surface area (Å²) >= 11 is 0. The lowest BCUT2D eigenvalue weighted by Crippen LogP contribution is -2.05. The number of nitrogens with zero attached hydrogens (tertiary/aromatic N) is 3. The molecule has 0 saturated carbocycles. The smallest absolute Gasteiger partial charge is 0.293 e. The van der Waals surface area contributed by atoms with Crippen molar-refractivity contribution < 1.29 is 9.72 Å². The van der Waals surface area contributed by atoms with Gasteiger partial charge >= 0.3 is 0 Å². The number of aromatic nitrogens is 2. The number of Topliss-reactive ketones (excluding diaryl/α,β-unsaturated/α-hetero) is 1. The van der Waals surface area contributed by atoms with Crippen LogP contribution >= 0.6 is 0 Å². The van der Waals surface area contributed by atoms with Crippen molar-refractivity contribution in [1.29, 1.82) is 0 Å². The van der Waals surface area contributed by atoms with Gasteiger partial charge in [-0.1, -0.05) is 6.92 Å². The van der Waals surface area contributed by atoms with Gasteiger partial charge in [0.1, 0.15) is 11.5 Å². The van der Waals surface area contributed by atoms with Crippen molar-refractivity contribution in [3.05, 3.63) is 52.1 Å². The van der Waals surface area contributed by atoms with Crippen molar-refractivity contribution in [2.75, 3.05) is 0 Å². The Hall–Kier alpha value is -2.50. The zero-order chi connectivity index (χ0) is 14.7. The molecular formula is C14H15N3O3. The highest BCUT2D eigenvalue weighted by atomic mass is 16.6. The number of hydrogen-bond donors (Lipinski definition) is 0. The van der Waals surface area contributed by atoms with Crippen LogP contribution in [0.3, 0.4) is 0 Å². The molecule has 0 radical (unpaired) electrons. The highest BCUT2D eigenvalue weighted by molar-refractivity contribution is 5.95. The van der Waals surface area contributed by atoms with E-state index < -0.39 is 4.92 Å². The molecule has 0 saturated heterocycles. The number of carbonyl (C=O) groups excluding carboxylic acids is 1. The average Bonchev–Trinajstić information content (AvgIpc) is 2.86. The number of ketones is 1. The largest absolute Gasteiger partial charge is 0.298 e. The Morgan fingerprint density at radius 2 is 2.20 bits per heavy atom. The first-order valence-corrected chi connectivity index (χ1v) is 6.36. The monoisotopic (exact) mass is 273 g/mol. The molecule has 0 unspecified atom stereocenters. The standard InChI is InChI=1S/C14H15N3O3/c1-3-4-14-15-7-8-16(14)12-6-5-11(10(2)18)9-13(12)17(19)20/h5-9H,3-4H2,1-2H3. The predicted molar refractivity (Wildman–Crippen MR) is 74.2 cm³/mol. The molecule has 1 aromatic heterocycles. The molecule has 0 fully saturated rings. The molecule has 104 valence electrons. The van der Waals surface area contributed by atoms with Crippen LogP contribution in [0.5, 0.6) is 0 Å². The van der Waals surface area contributed by atoms with Gasteiger partial charge < -0.3 is 0 Å². The molecular weight excluding hydrogens is 258 g/mol. The van der Waals surface area contributed by atoms with Gasteiger partial charge in [-0.2, -0.15) is 0 Å². The number of nitro groups is 1. The quantitative estimate of drug-likeness (QED) is 0.476. The number of carbonyl (C=O) groups is 1. The lowest BCUT2D eigenvalue weighted by atomic mass is 10.1. The molecule has 0 spiro atoms. The van der Waals surface area contributed by atoms with Crippen molar-refractivity contribution in [2.24, 2.45) is 0 Å². The number of aryl methyl sites for hydroxylation is 1. The van der Waals surface area contributed by atoms with Crippen LogP contribution in [0.4, 0.5) is 5.69 Å². The molecule has 6 nitrogen and oxygen atoms in total. The van der Waals surface area contributed by atoms with Crippen LogP contribution in [0.25, 0.3) is 5.69 Å². The fourth-order valence-corrected chi connectivity index (χ4v) is 2.05. The second-order valence-electron chi connectivity index (χ2n) is 4.48. The van der Waals surface area contributed by atoms with Crippen molar-refractivity contribution >= 4 is 11.5 Å². The predicted octanol–water partition coefficient (Wildman–Crippen LogP) is 2.94. The van der Waals surface area contributed by atoms with Gasteiger partial charge in [-0.25, -0.2) is 4.98 Å². The van der Waals surface area contributed by atoms with E-state index in [1.807, 2.05) is 6.92 Å². The second kappa shape index (κ2) is 5.64. The third-order valence-electron chi connectivity index (χ3n) is 3.03. The summed E-state index contributed by atoms with van der Waals surface area (Å²) in [7, 11) is 0. The third kappa shape index (κ3) is 2.59. The molecule has 0 amide bonds. The number of hydrogen-bond acceptors (Lipinski definition) is 4. The molecule has 2 rings (SSSR count).